The molecule has 9 heteroatoms. The summed E-state index contributed by atoms with van der Waals surface area (Å²) in [6.07, 6.45) is 0. The third-order valence-corrected chi connectivity index (χ3v) is 5.08. The molecule has 1 saturated heterocycles. The maximum Gasteiger partial charge on any atom is 0.254 e. The minimum Gasteiger partial charge on any atom is -0.504 e. The Morgan fingerprint density at radius 3 is 1.70 bits per heavy atom. The summed E-state index contributed by atoms with van der Waals surface area (Å²) < 4.78 is 0. The zero-order valence-electron chi connectivity index (χ0n) is 14.0. The molecule has 0 unspecified atom stereocenters. The van der Waals surface area contributed by atoms with Gasteiger partial charge in [-0.3, -0.25) is 9.59 Å². The van der Waals surface area contributed by atoms with Crippen LogP contribution >= 0.6 is 23.2 Å². The molecular weight excluding hydrogens is 395 g/mol. The maximum absolute atomic E-state index is 12.6. The van der Waals surface area contributed by atoms with Crippen LogP contribution < -0.4 is 0 Å². The van der Waals surface area contributed by atoms with E-state index < -0.39 is 23.2 Å². The van der Waals surface area contributed by atoms with Crippen molar-refractivity contribution in [3.63, 3.8) is 0 Å². The molecule has 0 saturated carbocycles. The number of carbonyl (C=O) groups excluding carboxylic acids is 2. The van der Waals surface area contributed by atoms with Gasteiger partial charge in [-0.25, -0.2) is 0 Å². The van der Waals surface area contributed by atoms with Crippen molar-refractivity contribution in [2.45, 2.75) is 0 Å². The van der Waals surface area contributed by atoms with Gasteiger partial charge in [-0.2, -0.15) is 0 Å². The summed E-state index contributed by atoms with van der Waals surface area (Å²) in [5.74, 6) is -2.45. The lowest BCUT2D eigenvalue weighted by Crippen LogP contribution is -2.50. The van der Waals surface area contributed by atoms with E-state index in [1.807, 2.05) is 0 Å². The van der Waals surface area contributed by atoms with Gasteiger partial charge in [0.1, 0.15) is 0 Å². The summed E-state index contributed by atoms with van der Waals surface area (Å²) in [5.41, 5.74) is 0.463. The largest absolute Gasteiger partial charge is 0.504 e. The number of hydrogen-bond acceptors (Lipinski definition) is 5. The summed E-state index contributed by atoms with van der Waals surface area (Å²) in [6, 6.07) is 6.83. The number of halogens is 2. The van der Waals surface area contributed by atoms with Gasteiger partial charge in [-0.05, 0) is 30.3 Å². The molecule has 2 amide bonds. The molecule has 2 aromatic carbocycles. The van der Waals surface area contributed by atoms with E-state index in [9.17, 15) is 24.9 Å². The number of nitrogens with zero attached hydrogens (tertiary/aromatic N) is 2. The zero-order valence-corrected chi connectivity index (χ0v) is 15.5. The first-order valence-electron chi connectivity index (χ1n) is 8.06. The Hall–Kier alpha value is -2.64. The highest BCUT2D eigenvalue weighted by atomic mass is 35.5. The summed E-state index contributed by atoms with van der Waals surface area (Å²) in [4.78, 5) is 28.2. The number of benzene rings is 2. The van der Waals surface area contributed by atoms with E-state index in [4.69, 9.17) is 23.2 Å². The molecule has 1 aliphatic rings. The van der Waals surface area contributed by atoms with E-state index in [2.05, 4.69) is 0 Å². The summed E-state index contributed by atoms with van der Waals surface area (Å²) in [5, 5.41) is 29.2. The molecule has 27 heavy (non-hydrogen) atoms. The number of rotatable bonds is 2. The predicted octanol–water partition coefficient (Wildman–Crippen LogP) is 2.71. The van der Waals surface area contributed by atoms with E-state index in [0.717, 1.165) is 12.1 Å². The lowest BCUT2D eigenvalue weighted by molar-refractivity contribution is 0.0535. The molecule has 0 aromatic heterocycles. The van der Waals surface area contributed by atoms with Gasteiger partial charge in [0.2, 0.25) is 0 Å². The van der Waals surface area contributed by atoms with Crippen molar-refractivity contribution in [1.82, 2.24) is 9.80 Å². The average Bonchev–Trinajstić information content (AvgIpc) is 2.67. The fourth-order valence-corrected chi connectivity index (χ4v) is 3.13. The number of amides is 2. The van der Waals surface area contributed by atoms with Crippen molar-refractivity contribution in [3.05, 3.63) is 51.5 Å². The fraction of sp³-hybridized carbons (Fsp3) is 0.222. The molecule has 3 N–H and O–H groups in total. The quantitative estimate of drug-likeness (QED) is 0.660. The van der Waals surface area contributed by atoms with Crippen LogP contribution in [-0.4, -0.2) is 63.1 Å². The number of phenolic OH excluding ortho intramolecular Hbond substituents is 3. The van der Waals surface area contributed by atoms with Crippen LogP contribution in [0.4, 0.5) is 0 Å². The molecule has 142 valence electrons. The van der Waals surface area contributed by atoms with Gasteiger partial charge in [-0.1, -0.05) is 23.2 Å². The molecule has 2 aromatic rings. The molecule has 0 atom stereocenters. The predicted molar refractivity (Wildman–Crippen MR) is 99.7 cm³/mol. The molecule has 0 radical (unpaired) electrons. The minimum absolute atomic E-state index is 0.0482. The number of piperazine rings is 1. The third kappa shape index (κ3) is 3.89. The Labute approximate surface area is 165 Å². The van der Waals surface area contributed by atoms with Crippen molar-refractivity contribution in [3.8, 4) is 17.2 Å². The lowest BCUT2D eigenvalue weighted by Gasteiger charge is -2.35. The standard InChI is InChI=1S/C18H16Cl2N2O5/c19-12-2-1-10(7-13(12)20)17(26)21-3-5-22(6-4-21)18(27)11-8-14(23)16(25)15(24)9-11/h1-2,7-9,23-25H,3-6H2. The van der Waals surface area contributed by atoms with Crippen LogP contribution in [0.1, 0.15) is 20.7 Å². The first-order chi connectivity index (χ1) is 12.8. The highest BCUT2D eigenvalue weighted by molar-refractivity contribution is 6.42. The first-order valence-corrected chi connectivity index (χ1v) is 8.82. The molecule has 0 spiro atoms. The van der Waals surface area contributed by atoms with E-state index in [0.29, 0.717) is 28.7 Å². The monoisotopic (exact) mass is 410 g/mol. The van der Waals surface area contributed by atoms with Crippen LogP contribution in [0.3, 0.4) is 0 Å². The lowest BCUT2D eigenvalue weighted by atomic mass is 10.1. The molecule has 1 aliphatic heterocycles. The van der Waals surface area contributed by atoms with E-state index in [-0.39, 0.29) is 24.6 Å². The second-order valence-corrected chi connectivity index (χ2v) is 6.89. The summed E-state index contributed by atoms with van der Waals surface area (Å²) >= 11 is 11.8. The Bertz CT molecular complexity index is 888. The van der Waals surface area contributed by atoms with Crippen LogP contribution in [0.25, 0.3) is 0 Å². The summed E-state index contributed by atoms with van der Waals surface area (Å²) in [6.45, 7) is 1.21. The average molecular weight is 411 g/mol. The number of aromatic hydroxyl groups is 3. The Morgan fingerprint density at radius 1 is 0.741 bits per heavy atom. The fourth-order valence-electron chi connectivity index (χ4n) is 2.83. The van der Waals surface area contributed by atoms with Crippen LogP contribution in [-0.2, 0) is 0 Å². The van der Waals surface area contributed by atoms with Gasteiger partial charge in [-0.15, -0.1) is 0 Å². The molecule has 0 aliphatic carbocycles. The Balaban J connectivity index is 1.67. The third-order valence-electron chi connectivity index (χ3n) is 4.34. The van der Waals surface area contributed by atoms with Crippen molar-refractivity contribution in [1.29, 1.82) is 0 Å². The second kappa shape index (κ2) is 7.54. The van der Waals surface area contributed by atoms with E-state index >= 15 is 0 Å². The minimum atomic E-state index is -0.677. The second-order valence-electron chi connectivity index (χ2n) is 6.08. The van der Waals surface area contributed by atoms with Crippen LogP contribution in [0.15, 0.2) is 30.3 Å². The molecule has 1 heterocycles. The number of phenols is 3. The van der Waals surface area contributed by atoms with Crippen molar-refractivity contribution >= 4 is 35.0 Å². The summed E-state index contributed by atoms with van der Waals surface area (Å²) in [7, 11) is 0. The van der Waals surface area contributed by atoms with Crippen molar-refractivity contribution in [2.75, 3.05) is 26.2 Å². The first kappa shape index (κ1) is 19.1. The molecule has 1 fully saturated rings. The van der Waals surface area contributed by atoms with Crippen LogP contribution in [0, 0.1) is 0 Å². The van der Waals surface area contributed by atoms with Gasteiger partial charge in [0.15, 0.2) is 17.2 Å². The number of carbonyl (C=O) groups is 2. The smallest absolute Gasteiger partial charge is 0.254 e. The zero-order chi connectivity index (χ0) is 19.7. The molecule has 0 bridgehead atoms. The highest BCUT2D eigenvalue weighted by Crippen LogP contribution is 2.35. The van der Waals surface area contributed by atoms with Crippen LogP contribution in [0.5, 0.6) is 17.2 Å². The highest BCUT2D eigenvalue weighted by Gasteiger charge is 2.26. The number of hydrogen-bond donors (Lipinski definition) is 3. The topological polar surface area (TPSA) is 101 Å². The molecule has 7 nitrogen and oxygen atoms in total. The molecular formula is C18H16Cl2N2O5. The SMILES string of the molecule is O=C(c1cc(O)c(O)c(O)c1)N1CCN(C(=O)c2ccc(Cl)c(Cl)c2)CC1. The van der Waals surface area contributed by atoms with Crippen LogP contribution in [0.2, 0.25) is 10.0 Å². The Kier molecular flexibility index (Phi) is 5.34. The van der Waals surface area contributed by atoms with Gasteiger partial charge in [0.25, 0.3) is 11.8 Å². The van der Waals surface area contributed by atoms with Gasteiger partial charge >= 0.3 is 0 Å². The normalized spacial score (nSPS) is 14.3. The van der Waals surface area contributed by atoms with Crippen molar-refractivity contribution < 1.29 is 24.9 Å². The Morgan fingerprint density at radius 2 is 1.22 bits per heavy atom. The van der Waals surface area contributed by atoms with Crippen molar-refractivity contribution in [2.24, 2.45) is 0 Å². The van der Waals surface area contributed by atoms with Gasteiger partial charge in [0, 0.05) is 37.3 Å². The van der Waals surface area contributed by atoms with Gasteiger partial charge in [0.05, 0.1) is 10.0 Å². The van der Waals surface area contributed by atoms with Gasteiger partial charge < -0.3 is 25.1 Å². The maximum atomic E-state index is 12.6. The molecule has 3 rings (SSSR count). The van der Waals surface area contributed by atoms with E-state index in [1.165, 1.54) is 11.0 Å². The van der Waals surface area contributed by atoms with E-state index in [1.54, 1.807) is 17.0 Å².